The summed E-state index contributed by atoms with van der Waals surface area (Å²) >= 11 is 1.57. The number of likely N-dealkylation sites (tertiary alicyclic amines) is 1. The topological polar surface area (TPSA) is 277 Å². The van der Waals surface area contributed by atoms with Crippen LogP contribution in [0.5, 0.6) is 5.75 Å². The van der Waals surface area contributed by atoms with Gasteiger partial charge in [-0.1, -0.05) is 69.3 Å². The highest BCUT2D eigenvalue weighted by Gasteiger charge is 2.44. The molecular formula is C56H70N10O11S. The first-order chi connectivity index (χ1) is 37.6. The lowest BCUT2D eigenvalue weighted by Crippen LogP contribution is -2.58. The van der Waals surface area contributed by atoms with E-state index >= 15 is 0 Å². The quantitative estimate of drug-likeness (QED) is 0.0354. The molecule has 4 amide bonds. The number of anilines is 1. The third kappa shape index (κ3) is 16.4. The van der Waals surface area contributed by atoms with Crippen LogP contribution in [0.3, 0.4) is 0 Å². The lowest BCUT2D eigenvalue weighted by molar-refractivity contribution is -0.144. The molecule has 78 heavy (non-hydrogen) atoms. The van der Waals surface area contributed by atoms with Crippen molar-refractivity contribution in [3.63, 3.8) is 0 Å². The van der Waals surface area contributed by atoms with Gasteiger partial charge in [0, 0.05) is 54.5 Å². The molecule has 0 spiro atoms. The number of aromatic hydroxyl groups is 1. The fraction of sp³-hybridized carbons (Fsp3) is 0.429. The van der Waals surface area contributed by atoms with Gasteiger partial charge in [0.25, 0.3) is 5.91 Å². The van der Waals surface area contributed by atoms with E-state index in [-0.39, 0.29) is 68.8 Å². The van der Waals surface area contributed by atoms with Crippen molar-refractivity contribution >= 4 is 40.8 Å². The number of nitrogens with zero attached hydrogens (tertiary/aromatic N) is 6. The van der Waals surface area contributed by atoms with Gasteiger partial charge in [-0.3, -0.25) is 23.9 Å². The molecule has 0 saturated carbocycles. The number of phenolic OH excluding ortho intramolecular Hbond substituents is 1. The van der Waals surface area contributed by atoms with E-state index in [1.807, 2.05) is 83.3 Å². The van der Waals surface area contributed by atoms with Crippen LogP contribution in [-0.2, 0) is 44.6 Å². The van der Waals surface area contributed by atoms with Gasteiger partial charge in [-0.2, -0.15) is 5.10 Å². The Morgan fingerprint density at radius 1 is 0.821 bits per heavy atom. The predicted molar refractivity (Wildman–Crippen MR) is 293 cm³/mol. The van der Waals surface area contributed by atoms with Crippen molar-refractivity contribution < 1.29 is 53.1 Å². The second-order valence-corrected chi connectivity index (χ2v) is 20.6. The number of β-amino-alcohol motifs (C(OH)–C–C–N with tert-alkyl or cyclic N) is 1. The van der Waals surface area contributed by atoms with Gasteiger partial charge in [-0.05, 0) is 66.3 Å². The van der Waals surface area contributed by atoms with Crippen LogP contribution in [0, 0.1) is 12.3 Å². The van der Waals surface area contributed by atoms with Crippen LogP contribution in [0.4, 0.5) is 5.82 Å². The van der Waals surface area contributed by atoms with E-state index in [0.29, 0.717) is 75.2 Å². The van der Waals surface area contributed by atoms with Gasteiger partial charge in [-0.15, -0.1) is 21.5 Å². The molecule has 21 nitrogen and oxygen atoms in total. The number of aliphatic hydroxyl groups excluding tert-OH is 1. The minimum atomic E-state index is -0.977. The largest absolute Gasteiger partial charge is 0.507 e. The molecule has 3 aromatic heterocycles. The van der Waals surface area contributed by atoms with Gasteiger partial charge >= 0.3 is 0 Å². The molecule has 1 unspecified atom stereocenters. The number of nitrogens with one attached hydrogen (secondary N) is 3. The van der Waals surface area contributed by atoms with Gasteiger partial charge in [0.1, 0.15) is 24.4 Å². The second kappa shape index (κ2) is 28.4. The Labute approximate surface area is 457 Å². The Hall–Kier alpha value is -7.18. The predicted octanol–water partition coefficient (Wildman–Crippen LogP) is 4.96. The summed E-state index contributed by atoms with van der Waals surface area (Å²) < 4.78 is 29.6. The van der Waals surface area contributed by atoms with E-state index < -0.39 is 35.4 Å². The molecule has 22 heteroatoms. The summed E-state index contributed by atoms with van der Waals surface area (Å²) in [5, 5.41) is 42.2. The molecule has 4 heterocycles. The molecule has 7 rings (SSSR count). The molecule has 4 atom stereocenters. The van der Waals surface area contributed by atoms with Gasteiger partial charge in [0.15, 0.2) is 5.82 Å². The Bertz CT molecular complexity index is 2910. The number of nitrogens with two attached hydrogens (primary N) is 1. The fourth-order valence-electron chi connectivity index (χ4n) is 8.58. The summed E-state index contributed by atoms with van der Waals surface area (Å²) in [4.78, 5) is 59.9. The fourth-order valence-corrected chi connectivity index (χ4v) is 9.39. The Morgan fingerprint density at radius 3 is 2.12 bits per heavy atom. The zero-order valence-electron chi connectivity index (χ0n) is 44.7. The van der Waals surface area contributed by atoms with E-state index in [9.17, 15) is 29.4 Å². The van der Waals surface area contributed by atoms with Gasteiger partial charge in [0.05, 0.1) is 99.6 Å². The number of aliphatic hydroxyl groups is 1. The number of nitrogen functional groups attached to an aromatic ring is 1. The van der Waals surface area contributed by atoms with Crippen molar-refractivity contribution in [3.05, 3.63) is 119 Å². The molecule has 1 aliphatic heterocycles. The van der Waals surface area contributed by atoms with Crippen molar-refractivity contribution in [2.24, 2.45) is 5.41 Å². The highest BCUT2D eigenvalue weighted by atomic mass is 32.1. The Morgan fingerprint density at radius 2 is 1.47 bits per heavy atom. The lowest BCUT2D eigenvalue weighted by Gasteiger charge is -2.35. The average molecular weight is 1090 g/mol. The number of para-hydroxylation sites is 1. The van der Waals surface area contributed by atoms with E-state index in [4.69, 9.17) is 29.4 Å². The number of hydrogen-bond donors (Lipinski definition) is 6. The summed E-state index contributed by atoms with van der Waals surface area (Å²) in [5.74, 6) is -1.22. The first kappa shape index (κ1) is 58.5. The molecule has 1 saturated heterocycles. The highest BCUT2D eigenvalue weighted by Crippen LogP contribution is 2.33. The van der Waals surface area contributed by atoms with E-state index in [1.165, 1.54) is 4.90 Å². The summed E-state index contributed by atoms with van der Waals surface area (Å²) in [6.45, 7) is 12.4. The maximum atomic E-state index is 13.9. The van der Waals surface area contributed by atoms with Crippen molar-refractivity contribution in [1.82, 2.24) is 45.8 Å². The monoisotopic (exact) mass is 1090 g/mol. The number of carbonyl (C=O) groups excluding carboxylic acids is 4. The molecule has 1 fully saturated rings. The molecular weight excluding hydrogens is 1020 g/mol. The molecule has 6 aromatic rings. The third-order valence-electron chi connectivity index (χ3n) is 12.9. The number of aromatic nitrogens is 5. The highest BCUT2D eigenvalue weighted by molar-refractivity contribution is 7.13. The summed E-state index contributed by atoms with van der Waals surface area (Å²) in [7, 11) is 0. The average Bonchev–Trinajstić information content (AvgIpc) is 4.20. The van der Waals surface area contributed by atoms with Gasteiger partial charge in [-0.25, -0.2) is 4.98 Å². The molecule has 7 N–H and O–H groups in total. The summed E-state index contributed by atoms with van der Waals surface area (Å²) in [6.07, 6.45) is 2.78. The normalized spacial score (nSPS) is 15.2. The van der Waals surface area contributed by atoms with E-state index in [1.54, 1.807) is 64.1 Å². The zero-order valence-corrected chi connectivity index (χ0v) is 45.5. The van der Waals surface area contributed by atoms with Crippen LogP contribution in [-0.4, -0.2) is 161 Å². The van der Waals surface area contributed by atoms with Crippen LogP contribution in [0.15, 0.2) is 96.8 Å². The van der Waals surface area contributed by atoms with Crippen molar-refractivity contribution in [2.45, 2.75) is 71.8 Å². The number of aryl methyl sites for hydroxylation is 1. The van der Waals surface area contributed by atoms with Crippen molar-refractivity contribution in [3.8, 4) is 38.6 Å². The zero-order chi connectivity index (χ0) is 55.6. The SMILES string of the molecule is Cc1ncsc1-c1ccc(CNC(=O)[C@@H]2C[C@@H](O)CN2C(=O)[C@@H](NC(=O)COCCOCCOCCOCCOCCNC(=O)c2ccc(C(C)n3cc(-c4cc(-c5ccccc5O)nnc4N)cn3)cc2)C(C)(C)C)cc1. The van der Waals surface area contributed by atoms with Crippen molar-refractivity contribution in [1.29, 1.82) is 0 Å². The van der Waals surface area contributed by atoms with Crippen LogP contribution in [0.2, 0.25) is 0 Å². The number of carbonyl (C=O) groups is 4. The smallest absolute Gasteiger partial charge is 0.251 e. The number of thiazole rings is 1. The number of amides is 4. The molecule has 3 aromatic carbocycles. The first-order valence-corrected chi connectivity index (χ1v) is 26.7. The third-order valence-corrected chi connectivity index (χ3v) is 13.9. The van der Waals surface area contributed by atoms with Gasteiger partial charge in [0.2, 0.25) is 17.7 Å². The molecule has 416 valence electrons. The maximum Gasteiger partial charge on any atom is 0.251 e. The van der Waals surface area contributed by atoms with Crippen LogP contribution >= 0.6 is 11.3 Å². The summed E-state index contributed by atoms with van der Waals surface area (Å²) in [5.41, 5.74) is 14.0. The van der Waals surface area contributed by atoms with Crippen LogP contribution in [0.1, 0.15) is 67.3 Å². The van der Waals surface area contributed by atoms with Crippen molar-refractivity contribution in [2.75, 3.05) is 84.9 Å². The molecule has 0 aliphatic carbocycles. The Kier molecular flexibility index (Phi) is 21.3. The van der Waals surface area contributed by atoms with E-state index in [0.717, 1.165) is 32.8 Å². The van der Waals surface area contributed by atoms with E-state index in [2.05, 4.69) is 36.2 Å². The number of hydrogen-bond acceptors (Lipinski definition) is 17. The van der Waals surface area contributed by atoms with Gasteiger partial charge < -0.3 is 60.5 Å². The standard InChI is InChI=1S/C56H70N10O11S/c1-36-50(78-35-60-36)40-12-10-38(11-13-40)30-59-54(71)47-28-43(67)33-65(47)55(72)51(56(3,4)5)62-49(69)34-77-27-26-76-25-24-75-23-22-74-21-20-73-19-18-58-53(70)41-16-14-39(15-17-41)37(2)66-32-42(31-61-66)45-29-46(63-64-52(45)57)44-8-6-7-9-48(44)68/h6-17,29,31-32,35,37,43,47,51,67-68H,18-28,30,33-34H2,1-5H3,(H2,57,64)(H,58,70)(H,59,71)(H,62,69)/t37?,43-,47+,51-/m1/s1. The Balaban J connectivity index is 0.691. The number of rotatable bonds is 28. The molecule has 1 aliphatic rings. The molecule has 0 radical (unpaired) electrons. The minimum absolute atomic E-state index is 0.0262. The lowest BCUT2D eigenvalue weighted by atomic mass is 9.85. The van der Waals surface area contributed by atoms with Crippen LogP contribution < -0.4 is 21.7 Å². The minimum Gasteiger partial charge on any atom is -0.507 e. The molecule has 0 bridgehead atoms. The first-order valence-electron chi connectivity index (χ1n) is 25.8. The number of phenols is 1. The second-order valence-electron chi connectivity index (χ2n) is 19.8. The number of ether oxygens (including phenoxy) is 5. The number of benzene rings is 3. The maximum absolute atomic E-state index is 13.9. The van der Waals surface area contributed by atoms with Crippen LogP contribution in [0.25, 0.3) is 32.8 Å². The summed E-state index contributed by atoms with van der Waals surface area (Å²) in [6, 6.07) is 21.8.